The lowest BCUT2D eigenvalue weighted by Crippen LogP contribution is -2.01. The van der Waals surface area contributed by atoms with Crippen molar-refractivity contribution in [1.29, 1.82) is 0 Å². The van der Waals surface area contributed by atoms with Crippen LogP contribution < -0.4 is 0 Å². The van der Waals surface area contributed by atoms with Gasteiger partial charge in [0.15, 0.2) is 5.78 Å². The van der Waals surface area contributed by atoms with Crippen LogP contribution in [-0.2, 0) is 0 Å². The zero-order valence-electron chi connectivity index (χ0n) is 9.51. The number of carbonyl (C=O) groups excluding carboxylic acids is 1. The van der Waals surface area contributed by atoms with Crippen molar-refractivity contribution < 1.29 is 13.6 Å². The second-order valence-electron chi connectivity index (χ2n) is 4.39. The van der Waals surface area contributed by atoms with Crippen molar-refractivity contribution in [2.45, 2.75) is 32.1 Å². The van der Waals surface area contributed by atoms with Gasteiger partial charge in [-0.05, 0) is 43.9 Å². The summed E-state index contributed by atoms with van der Waals surface area (Å²) < 4.78 is 25.9. The van der Waals surface area contributed by atoms with Crippen LogP contribution in [0.5, 0.6) is 0 Å². The average molecular weight is 236 g/mol. The normalized spacial score (nSPS) is 15.8. The first-order chi connectivity index (χ1) is 8.15. The summed E-state index contributed by atoms with van der Waals surface area (Å²) in [5, 5.41) is 0. The minimum atomic E-state index is -0.713. The van der Waals surface area contributed by atoms with Gasteiger partial charge >= 0.3 is 0 Å². The molecular formula is C14H14F2O. The highest BCUT2D eigenvalue weighted by molar-refractivity contribution is 6.04. The lowest BCUT2D eigenvalue weighted by Gasteiger charge is -2.12. The van der Waals surface area contributed by atoms with E-state index in [0.717, 1.165) is 49.5 Å². The quantitative estimate of drug-likeness (QED) is 0.559. The van der Waals surface area contributed by atoms with Gasteiger partial charge in [-0.2, -0.15) is 0 Å². The summed E-state index contributed by atoms with van der Waals surface area (Å²) in [6, 6.07) is 2.92. The van der Waals surface area contributed by atoms with Crippen LogP contribution in [-0.4, -0.2) is 5.78 Å². The molecule has 0 aromatic heterocycles. The van der Waals surface area contributed by atoms with Crippen LogP contribution in [0, 0.1) is 11.6 Å². The zero-order chi connectivity index (χ0) is 12.3. The second kappa shape index (κ2) is 5.21. The van der Waals surface area contributed by atoms with Crippen LogP contribution in [0.25, 0.3) is 0 Å². The van der Waals surface area contributed by atoms with Gasteiger partial charge in [-0.1, -0.05) is 12.0 Å². The number of rotatable bonds is 2. The molecule has 1 aliphatic rings. The fraction of sp³-hybridized carbons (Fsp3) is 0.357. The highest BCUT2D eigenvalue weighted by Gasteiger charge is 2.10. The third-order valence-electron chi connectivity index (χ3n) is 2.98. The van der Waals surface area contributed by atoms with Crippen LogP contribution in [0.15, 0.2) is 29.8 Å². The molecule has 1 aromatic carbocycles. The molecule has 90 valence electrons. The average Bonchev–Trinajstić information content (AvgIpc) is 2.29. The van der Waals surface area contributed by atoms with E-state index in [0.29, 0.717) is 0 Å². The number of benzene rings is 1. The highest BCUT2D eigenvalue weighted by atomic mass is 19.1. The van der Waals surface area contributed by atoms with Crippen molar-refractivity contribution in [3.8, 4) is 0 Å². The summed E-state index contributed by atoms with van der Waals surface area (Å²) in [5.74, 6) is -1.73. The van der Waals surface area contributed by atoms with Gasteiger partial charge in [-0.3, -0.25) is 4.79 Å². The van der Waals surface area contributed by atoms with Crippen molar-refractivity contribution >= 4 is 5.78 Å². The van der Waals surface area contributed by atoms with E-state index in [4.69, 9.17) is 0 Å². The first kappa shape index (κ1) is 12.0. The first-order valence-corrected chi connectivity index (χ1v) is 5.85. The van der Waals surface area contributed by atoms with Crippen LogP contribution in [0.2, 0.25) is 0 Å². The Kier molecular flexibility index (Phi) is 3.67. The topological polar surface area (TPSA) is 17.1 Å². The Morgan fingerprint density at radius 2 is 1.59 bits per heavy atom. The zero-order valence-corrected chi connectivity index (χ0v) is 9.51. The van der Waals surface area contributed by atoms with Gasteiger partial charge < -0.3 is 0 Å². The number of hydrogen-bond acceptors (Lipinski definition) is 1. The molecule has 1 nitrogen and oxygen atoms in total. The van der Waals surface area contributed by atoms with E-state index in [2.05, 4.69) is 0 Å². The summed E-state index contributed by atoms with van der Waals surface area (Å²) >= 11 is 0. The molecule has 0 bridgehead atoms. The fourth-order valence-corrected chi connectivity index (χ4v) is 2.12. The lowest BCUT2D eigenvalue weighted by molar-refractivity contribution is 0.104. The van der Waals surface area contributed by atoms with Gasteiger partial charge in [0.2, 0.25) is 0 Å². The van der Waals surface area contributed by atoms with E-state index in [-0.39, 0.29) is 11.3 Å². The number of ketones is 1. The molecule has 17 heavy (non-hydrogen) atoms. The standard InChI is InChI=1S/C14H14F2O/c15-12-7-11(8-13(16)9-12)14(17)6-10-4-2-1-3-5-10/h6-9H,1-5H2. The van der Waals surface area contributed by atoms with Gasteiger partial charge in [-0.25, -0.2) is 8.78 Å². The largest absolute Gasteiger partial charge is 0.289 e. The Hall–Kier alpha value is -1.51. The number of allylic oxidation sites excluding steroid dienone is 2. The first-order valence-electron chi connectivity index (χ1n) is 5.85. The molecule has 0 N–H and O–H groups in total. The van der Waals surface area contributed by atoms with Crippen molar-refractivity contribution in [2.75, 3.05) is 0 Å². The van der Waals surface area contributed by atoms with Crippen molar-refractivity contribution in [2.24, 2.45) is 0 Å². The Morgan fingerprint density at radius 3 is 2.18 bits per heavy atom. The molecule has 0 spiro atoms. The molecule has 1 aromatic rings. The molecule has 1 aliphatic carbocycles. The molecule has 1 saturated carbocycles. The molecule has 0 radical (unpaired) electrons. The minimum absolute atomic E-state index is 0.0839. The van der Waals surface area contributed by atoms with E-state index in [1.165, 1.54) is 12.5 Å². The summed E-state index contributed by atoms with van der Waals surface area (Å²) in [6.45, 7) is 0. The molecule has 1 fully saturated rings. The number of carbonyl (C=O) groups is 1. The van der Waals surface area contributed by atoms with E-state index in [1.54, 1.807) is 0 Å². The van der Waals surface area contributed by atoms with Crippen LogP contribution in [0.1, 0.15) is 42.5 Å². The molecule has 0 aliphatic heterocycles. The summed E-state index contributed by atoms with van der Waals surface area (Å²) in [7, 11) is 0. The number of hydrogen-bond donors (Lipinski definition) is 0. The molecule has 0 atom stereocenters. The molecule has 3 heteroatoms. The molecular weight excluding hydrogens is 222 g/mol. The third-order valence-corrected chi connectivity index (χ3v) is 2.98. The molecule has 2 rings (SSSR count). The molecule has 0 heterocycles. The van der Waals surface area contributed by atoms with E-state index in [1.807, 2.05) is 0 Å². The molecule has 0 amide bonds. The van der Waals surface area contributed by atoms with E-state index in [9.17, 15) is 13.6 Å². The van der Waals surface area contributed by atoms with Gasteiger partial charge in [0, 0.05) is 11.6 Å². The van der Waals surface area contributed by atoms with E-state index >= 15 is 0 Å². The predicted molar refractivity (Wildman–Crippen MR) is 61.9 cm³/mol. The molecule has 0 unspecified atom stereocenters. The lowest BCUT2D eigenvalue weighted by atomic mass is 9.93. The summed E-state index contributed by atoms with van der Waals surface area (Å²) in [4.78, 5) is 11.8. The van der Waals surface area contributed by atoms with Crippen LogP contribution >= 0.6 is 0 Å². The Morgan fingerprint density at radius 1 is 1.00 bits per heavy atom. The maximum absolute atomic E-state index is 13.0. The smallest absolute Gasteiger partial charge is 0.185 e. The van der Waals surface area contributed by atoms with Crippen LogP contribution in [0.3, 0.4) is 0 Å². The third kappa shape index (κ3) is 3.22. The summed E-state index contributed by atoms with van der Waals surface area (Å²) in [5.41, 5.74) is 1.17. The predicted octanol–water partition coefficient (Wildman–Crippen LogP) is 4.04. The van der Waals surface area contributed by atoms with Crippen molar-refractivity contribution in [3.63, 3.8) is 0 Å². The van der Waals surface area contributed by atoms with Crippen LogP contribution in [0.4, 0.5) is 8.78 Å². The van der Waals surface area contributed by atoms with Gasteiger partial charge in [-0.15, -0.1) is 0 Å². The van der Waals surface area contributed by atoms with Crippen molar-refractivity contribution in [3.05, 3.63) is 47.0 Å². The fourth-order valence-electron chi connectivity index (χ4n) is 2.12. The van der Waals surface area contributed by atoms with Gasteiger partial charge in [0.25, 0.3) is 0 Å². The highest BCUT2D eigenvalue weighted by Crippen LogP contribution is 2.23. The second-order valence-corrected chi connectivity index (χ2v) is 4.39. The molecule has 0 saturated heterocycles. The minimum Gasteiger partial charge on any atom is -0.289 e. The Bertz CT molecular complexity index is 435. The maximum atomic E-state index is 13.0. The Labute approximate surface area is 99.1 Å². The summed E-state index contributed by atoms with van der Waals surface area (Å²) in [6.07, 6.45) is 6.76. The number of halogens is 2. The van der Waals surface area contributed by atoms with Gasteiger partial charge in [0.1, 0.15) is 11.6 Å². The maximum Gasteiger partial charge on any atom is 0.185 e. The van der Waals surface area contributed by atoms with E-state index < -0.39 is 11.6 Å². The Balaban J connectivity index is 2.18. The van der Waals surface area contributed by atoms with Crippen molar-refractivity contribution in [1.82, 2.24) is 0 Å². The van der Waals surface area contributed by atoms with Gasteiger partial charge in [0.05, 0.1) is 0 Å². The SMILES string of the molecule is O=C(C=C1CCCCC1)c1cc(F)cc(F)c1. The monoisotopic (exact) mass is 236 g/mol.